The summed E-state index contributed by atoms with van der Waals surface area (Å²) in [5.74, 6) is 0.0889. The highest BCUT2D eigenvalue weighted by atomic mass is 16.6. The molecule has 0 saturated carbocycles. The molecule has 1 heterocycles. The third kappa shape index (κ3) is 3.96. The van der Waals surface area contributed by atoms with Gasteiger partial charge in [0.25, 0.3) is 5.69 Å². The van der Waals surface area contributed by atoms with Gasteiger partial charge in [-0.1, -0.05) is 12.1 Å². The molecule has 0 unspecified atom stereocenters. The van der Waals surface area contributed by atoms with Crippen molar-refractivity contribution >= 4 is 23.6 Å². The second kappa shape index (κ2) is 8.01. The van der Waals surface area contributed by atoms with Gasteiger partial charge in [0.05, 0.1) is 12.0 Å². The number of hydrogen-bond acceptors (Lipinski definition) is 8. The summed E-state index contributed by atoms with van der Waals surface area (Å²) in [6, 6.07) is 12.4. The van der Waals surface area contributed by atoms with Gasteiger partial charge in [0, 0.05) is 17.7 Å². The Bertz CT molecular complexity index is 1050. The van der Waals surface area contributed by atoms with Crippen molar-refractivity contribution in [3.8, 4) is 17.6 Å². The number of non-ortho nitro benzene ring substituents is 1. The molecule has 2 aromatic rings. The molecule has 0 fully saturated rings. The Kier molecular flexibility index (Phi) is 5.32. The Balaban J connectivity index is 1.90. The molecule has 140 valence electrons. The van der Waals surface area contributed by atoms with Crippen molar-refractivity contribution < 1.29 is 23.9 Å². The Hall–Kier alpha value is -4.19. The van der Waals surface area contributed by atoms with Crippen LogP contribution < -0.4 is 9.47 Å². The van der Waals surface area contributed by atoms with Crippen LogP contribution in [0.3, 0.4) is 0 Å². The monoisotopic (exact) mass is 379 g/mol. The maximum Gasteiger partial charge on any atom is 0.363 e. The third-order valence-corrected chi connectivity index (χ3v) is 3.71. The van der Waals surface area contributed by atoms with Crippen LogP contribution in [-0.4, -0.2) is 30.5 Å². The summed E-state index contributed by atoms with van der Waals surface area (Å²) in [6.07, 6.45) is 1.49. The maximum atomic E-state index is 12.1. The number of ether oxygens (including phenoxy) is 3. The fraction of sp³-hybridized carbons (Fsp3) is 0.105. The fourth-order valence-corrected chi connectivity index (χ4v) is 2.45. The predicted molar refractivity (Wildman–Crippen MR) is 97.8 cm³/mol. The summed E-state index contributed by atoms with van der Waals surface area (Å²) in [6.45, 7) is -0.125. The van der Waals surface area contributed by atoms with Gasteiger partial charge in [-0.05, 0) is 29.8 Å². The number of nitro benzene ring substituents is 1. The minimum Gasteiger partial charge on any atom is -0.493 e. The quantitative estimate of drug-likeness (QED) is 0.327. The minimum atomic E-state index is -0.676. The van der Waals surface area contributed by atoms with Crippen LogP contribution in [0.15, 0.2) is 53.2 Å². The zero-order chi connectivity index (χ0) is 20.1. The average Bonchev–Trinajstić information content (AvgIpc) is 3.07. The average molecular weight is 379 g/mol. The summed E-state index contributed by atoms with van der Waals surface area (Å²) in [7, 11) is 1.45. The number of rotatable bonds is 6. The van der Waals surface area contributed by atoms with E-state index in [1.165, 1.54) is 31.4 Å². The highest BCUT2D eigenvalue weighted by Gasteiger charge is 2.25. The lowest BCUT2D eigenvalue weighted by atomic mass is 10.1. The molecule has 0 aliphatic carbocycles. The fourth-order valence-electron chi connectivity index (χ4n) is 2.45. The Morgan fingerprint density at radius 3 is 2.82 bits per heavy atom. The molecule has 1 aliphatic rings. The third-order valence-electron chi connectivity index (χ3n) is 3.71. The van der Waals surface area contributed by atoms with Gasteiger partial charge in [0.2, 0.25) is 5.90 Å². The van der Waals surface area contributed by atoms with E-state index in [1.807, 2.05) is 6.07 Å². The molecule has 1 aliphatic heterocycles. The number of hydrogen-bond donors (Lipinski definition) is 0. The van der Waals surface area contributed by atoms with E-state index in [0.717, 1.165) is 0 Å². The lowest BCUT2D eigenvalue weighted by Crippen LogP contribution is -2.05. The largest absolute Gasteiger partial charge is 0.493 e. The van der Waals surface area contributed by atoms with Crippen LogP contribution in [0.4, 0.5) is 5.69 Å². The van der Waals surface area contributed by atoms with Gasteiger partial charge < -0.3 is 14.2 Å². The second-order valence-electron chi connectivity index (χ2n) is 5.50. The van der Waals surface area contributed by atoms with Crippen molar-refractivity contribution in [1.29, 1.82) is 5.26 Å². The Labute approximate surface area is 159 Å². The Morgan fingerprint density at radius 2 is 2.11 bits per heavy atom. The summed E-state index contributed by atoms with van der Waals surface area (Å²) < 4.78 is 15.6. The summed E-state index contributed by atoms with van der Waals surface area (Å²) >= 11 is 0. The van der Waals surface area contributed by atoms with Gasteiger partial charge in [-0.3, -0.25) is 10.1 Å². The molecule has 3 rings (SSSR count). The van der Waals surface area contributed by atoms with Gasteiger partial charge in [-0.2, -0.15) is 5.26 Å². The maximum absolute atomic E-state index is 12.1. The lowest BCUT2D eigenvalue weighted by molar-refractivity contribution is -0.384. The molecule has 9 nitrogen and oxygen atoms in total. The number of nitriles is 1. The number of carbonyl (C=O) groups is 1. The summed E-state index contributed by atoms with van der Waals surface area (Å²) in [5, 5.41) is 19.5. The highest BCUT2D eigenvalue weighted by molar-refractivity contribution is 6.13. The van der Waals surface area contributed by atoms with Gasteiger partial charge in [0.15, 0.2) is 23.8 Å². The first-order valence-electron chi connectivity index (χ1n) is 7.97. The summed E-state index contributed by atoms with van der Waals surface area (Å²) in [5.41, 5.74) is 0.821. The molecule has 0 N–H and O–H groups in total. The number of benzene rings is 2. The van der Waals surface area contributed by atoms with Crippen molar-refractivity contribution in [2.45, 2.75) is 0 Å². The first-order chi connectivity index (χ1) is 13.5. The van der Waals surface area contributed by atoms with E-state index in [2.05, 4.69) is 4.99 Å². The van der Waals surface area contributed by atoms with E-state index in [4.69, 9.17) is 19.5 Å². The minimum absolute atomic E-state index is 0.0131. The molecule has 28 heavy (non-hydrogen) atoms. The van der Waals surface area contributed by atoms with Crippen LogP contribution in [0.1, 0.15) is 11.1 Å². The van der Waals surface area contributed by atoms with Crippen molar-refractivity contribution in [2.24, 2.45) is 4.99 Å². The molecular weight excluding hydrogens is 366 g/mol. The van der Waals surface area contributed by atoms with E-state index >= 15 is 0 Å². The van der Waals surface area contributed by atoms with Gasteiger partial charge in [-0.25, -0.2) is 9.79 Å². The van der Waals surface area contributed by atoms with Crippen LogP contribution in [0.25, 0.3) is 6.08 Å². The van der Waals surface area contributed by atoms with Crippen LogP contribution in [0.2, 0.25) is 0 Å². The highest BCUT2D eigenvalue weighted by Crippen LogP contribution is 2.30. The molecule has 0 amide bonds. The molecule has 0 radical (unpaired) electrons. The van der Waals surface area contributed by atoms with E-state index in [9.17, 15) is 14.9 Å². The van der Waals surface area contributed by atoms with Crippen LogP contribution >= 0.6 is 0 Å². The molecule has 2 aromatic carbocycles. The van der Waals surface area contributed by atoms with E-state index in [-0.39, 0.29) is 23.9 Å². The van der Waals surface area contributed by atoms with Crippen LogP contribution in [0.5, 0.6) is 11.5 Å². The van der Waals surface area contributed by atoms with Gasteiger partial charge >= 0.3 is 5.97 Å². The topological polar surface area (TPSA) is 124 Å². The number of aliphatic imine (C=N–C) groups is 1. The van der Waals surface area contributed by atoms with Crippen molar-refractivity contribution in [3.05, 3.63) is 69.4 Å². The van der Waals surface area contributed by atoms with E-state index < -0.39 is 10.9 Å². The molecule has 0 bridgehead atoms. The van der Waals surface area contributed by atoms with Gasteiger partial charge in [0.1, 0.15) is 6.07 Å². The smallest absolute Gasteiger partial charge is 0.363 e. The zero-order valence-corrected chi connectivity index (χ0v) is 14.6. The molecule has 0 atom stereocenters. The van der Waals surface area contributed by atoms with Crippen molar-refractivity contribution in [2.75, 3.05) is 13.7 Å². The number of esters is 1. The first-order valence-corrected chi connectivity index (χ1v) is 7.97. The molecular formula is C19H13N3O6. The lowest BCUT2D eigenvalue weighted by Gasteiger charge is -2.08. The Morgan fingerprint density at radius 1 is 1.29 bits per heavy atom. The van der Waals surface area contributed by atoms with Crippen LogP contribution in [-0.2, 0) is 9.53 Å². The molecule has 9 heteroatoms. The normalized spacial score (nSPS) is 14.2. The number of methoxy groups -OCH3 is 1. The van der Waals surface area contributed by atoms with Crippen LogP contribution in [0, 0.1) is 21.4 Å². The molecule has 0 spiro atoms. The SMILES string of the molecule is COc1cc(/C=C2\N=C(c3cccc([N+](=O)[O-])c3)OC2=O)ccc1OCC#N. The van der Waals surface area contributed by atoms with E-state index in [1.54, 1.807) is 24.3 Å². The first kappa shape index (κ1) is 18.6. The molecule has 0 aromatic heterocycles. The zero-order valence-electron chi connectivity index (χ0n) is 14.6. The second-order valence-corrected chi connectivity index (χ2v) is 5.50. The molecule has 0 saturated heterocycles. The predicted octanol–water partition coefficient (Wildman–Crippen LogP) is 2.85. The van der Waals surface area contributed by atoms with E-state index in [0.29, 0.717) is 22.6 Å². The summed E-state index contributed by atoms with van der Waals surface area (Å²) in [4.78, 5) is 26.6. The van der Waals surface area contributed by atoms with Crippen molar-refractivity contribution in [1.82, 2.24) is 0 Å². The standard InChI is InChI=1S/C19H13N3O6/c1-26-17-10-12(5-6-16(17)27-8-7-20)9-15-19(23)28-18(21-15)13-3-2-4-14(11-13)22(24)25/h2-6,9-11H,8H2,1H3/b15-9-. The van der Waals surface area contributed by atoms with Crippen molar-refractivity contribution in [3.63, 3.8) is 0 Å². The number of cyclic esters (lactones) is 1. The van der Waals surface area contributed by atoms with Gasteiger partial charge in [-0.15, -0.1) is 0 Å². The number of nitrogens with zero attached hydrogens (tertiary/aromatic N) is 3. The number of nitro groups is 1. The number of carbonyl (C=O) groups excluding carboxylic acids is 1.